The summed E-state index contributed by atoms with van der Waals surface area (Å²) in [6, 6.07) is 16.6. The minimum absolute atomic E-state index is 0.144. The molecule has 174 valence electrons. The molecular formula is C26H25BrN4O3. The average Bonchev–Trinajstić information content (AvgIpc) is 3.24. The lowest BCUT2D eigenvalue weighted by Crippen LogP contribution is -2.38. The van der Waals surface area contributed by atoms with Crippen molar-refractivity contribution in [2.75, 3.05) is 11.9 Å². The minimum atomic E-state index is -0.618. The fraction of sp³-hybridized carbons (Fsp3) is 0.192. The van der Waals surface area contributed by atoms with Gasteiger partial charge in [0.15, 0.2) is 0 Å². The molecule has 0 unspecified atom stereocenters. The van der Waals surface area contributed by atoms with E-state index >= 15 is 0 Å². The van der Waals surface area contributed by atoms with Gasteiger partial charge in [0, 0.05) is 27.2 Å². The number of para-hydroxylation sites is 1. The standard InChI is InChI=1S/C26H25BrN4O3/c1-4-18-7-5-6-8-23(18)31-16(2)13-19(17(31)3)14-22-25(33)30(26(34)29-22)15-24(32)28-21-11-9-20(27)10-12-21/h5-14H,4,15H2,1-3H3,(H,28,32)(H,29,34)/b22-14-. The van der Waals surface area contributed by atoms with Crippen LogP contribution >= 0.6 is 15.9 Å². The fourth-order valence-corrected chi connectivity index (χ4v) is 4.34. The van der Waals surface area contributed by atoms with Crippen LogP contribution in [0.25, 0.3) is 11.8 Å². The van der Waals surface area contributed by atoms with Gasteiger partial charge in [-0.25, -0.2) is 9.69 Å². The molecule has 4 rings (SSSR count). The number of hydrogen-bond acceptors (Lipinski definition) is 3. The van der Waals surface area contributed by atoms with Gasteiger partial charge in [0.1, 0.15) is 12.2 Å². The maximum Gasteiger partial charge on any atom is 0.329 e. The fourth-order valence-electron chi connectivity index (χ4n) is 4.08. The zero-order valence-corrected chi connectivity index (χ0v) is 20.8. The molecule has 1 aromatic heterocycles. The number of rotatable bonds is 6. The topological polar surface area (TPSA) is 83.4 Å². The number of carbonyl (C=O) groups excluding carboxylic acids is 3. The lowest BCUT2D eigenvalue weighted by atomic mass is 10.1. The third-order valence-corrected chi connectivity index (χ3v) is 6.30. The molecule has 0 bridgehead atoms. The number of hydrogen-bond donors (Lipinski definition) is 2. The van der Waals surface area contributed by atoms with Crippen LogP contribution in [0.5, 0.6) is 0 Å². The first-order valence-corrected chi connectivity index (χ1v) is 11.7. The molecule has 4 amide bonds. The van der Waals surface area contributed by atoms with Crippen LogP contribution in [0.1, 0.15) is 29.4 Å². The second kappa shape index (κ2) is 9.69. The summed E-state index contributed by atoms with van der Waals surface area (Å²) in [5.41, 5.74) is 5.84. The van der Waals surface area contributed by atoms with Gasteiger partial charge in [-0.15, -0.1) is 0 Å². The second-order valence-electron chi connectivity index (χ2n) is 8.08. The molecule has 2 N–H and O–H groups in total. The summed E-state index contributed by atoms with van der Waals surface area (Å²) in [4.78, 5) is 38.7. The first kappa shape index (κ1) is 23.5. The van der Waals surface area contributed by atoms with Crippen LogP contribution in [0.15, 0.2) is 64.8 Å². The Bertz CT molecular complexity index is 1310. The van der Waals surface area contributed by atoms with Gasteiger partial charge in [-0.05, 0) is 73.9 Å². The van der Waals surface area contributed by atoms with Crippen LogP contribution in [-0.2, 0) is 16.0 Å². The number of aromatic nitrogens is 1. The summed E-state index contributed by atoms with van der Waals surface area (Å²) >= 11 is 3.34. The molecular weight excluding hydrogens is 496 g/mol. The Hall–Kier alpha value is -3.65. The Balaban J connectivity index is 1.54. The van der Waals surface area contributed by atoms with Crippen molar-refractivity contribution in [3.05, 3.63) is 87.3 Å². The van der Waals surface area contributed by atoms with Gasteiger partial charge in [0.2, 0.25) is 5.91 Å². The lowest BCUT2D eigenvalue weighted by molar-refractivity contribution is -0.127. The van der Waals surface area contributed by atoms with E-state index in [-0.39, 0.29) is 12.2 Å². The van der Waals surface area contributed by atoms with Crippen LogP contribution in [-0.4, -0.2) is 33.9 Å². The summed E-state index contributed by atoms with van der Waals surface area (Å²) < 4.78 is 3.03. The Morgan fingerprint density at radius 1 is 1.09 bits per heavy atom. The number of amides is 4. The third kappa shape index (κ3) is 4.68. The summed E-state index contributed by atoms with van der Waals surface area (Å²) in [5, 5.41) is 5.29. The first-order chi connectivity index (χ1) is 16.3. The normalized spacial score (nSPS) is 14.6. The van der Waals surface area contributed by atoms with E-state index < -0.39 is 17.8 Å². The molecule has 1 saturated heterocycles. The predicted molar refractivity (Wildman–Crippen MR) is 136 cm³/mol. The SMILES string of the molecule is CCc1ccccc1-n1c(C)cc(/C=C2\NC(=O)N(CC(=O)Nc3ccc(Br)cc3)C2=O)c1C. The van der Waals surface area contributed by atoms with E-state index in [1.54, 1.807) is 30.3 Å². The molecule has 34 heavy (non-hydrogen) atoms. The minimum Gasteiger partial charge on any atom is -0.325 e. The van der Waals surface area contributed by atoms with Crippen molar-refractivity contribution in [3.8, 4) is 5.69 Å². The van der Waals surface area contributed by atoms with Gasteiger partial charge >= 0.3 is 6.03 Å². The van der Waals surface area contributed by atoms with Gasteiger partial charge in [-0.1, -0.05) is 41.1 Å². The molecule has 0 atom stereocenters. The number of nitrogens with one attached hydrogen (secondary N) is 2. The van der Waals surface area contributed by atoms with Crippen LogP contribution < -0.4 is 10.6 Å². The molecule has 8 heteroatoms. The Kier molecular flexibility index (Phi) is 6.70. The van der Waals surface area contributed by atoms with Crippen LogP contribution in [0.4, 0.5) is 10.5 Å². The molecule has 2 aromatic carbocycles. The quantitative estimate of drug-likeness (QED) is 0.356. The predicted octanol–water partition coefficient (Wildman–Crippen LogP) is 4.95. The summed E-state index contributed by atoms with van der Waals surface area (Å²) in [6.45, 7) is 5.73. The van der Waals surface area contributed by atoms with Crippen LogP contribution in [0, 0.1) is 13.8 Å². The number of anilines is 1. The van der Waals surface area contributed by atoms with Crippen molar-refractivity contribution < 1.29 is 14.4 Å². The third-order valence-electron chi connectivity index (χ3n) is 5.78. The van der Waals surface area contributed by atoms with E-state index in [1.165, 1.54) is 5.56 Å². The van der Waals surface area contributed by atoms with Gasteiger partial charge < -0.3 is 15.2 Å². The van der Waals surface area contributed by atoms with Crippen molar-refractivity contribution in [2.45, 2.75) is 27.2 Å². The average molecular weight is 521 g/mol. The van der Waals surface area contributed by atoms with Crippen molar-refractivity contribution in [2.24, 2.45) is 0 Å². The van der Waals surface area contributed by atoms with E-state index in [0.717, 1.165) is 38.4 Å². The zero-order chi connectivity index (χ0) is 24.4. The van der Waals surface area contributed by atoms with Crippen molar-refractivity contribution in [3.63, 3.8) is 0 Å². The molecule has 0 spiro atoms. The van der Waals surface area contributed by atoms with E-state index in [1.807, 2.05) is 32.0 Å². The highest BCUT2D eigenvalue weighted by Crippen LogP contribution is 2.26. The smallest absolute Gasteiger partial charge is 0.325 e. The van der Waals surface area contributed by atoms with Crippen molar-refractivity contribution in [1.29, 1.82) is 0 Å². The summed E-state index contributed by atoms with van der Waals surface area (Å²) in [5.74, 6) is -0.990. The molecule has 0 saturated carbocycles. The number of imide groups is 1. The number of halogens is 1. The van der Waals surface area contributed by atoms with Gasteiger partial charge in [0.05, 0.1) is 0 Å². The Morgan fingerprint density at radius 3 is 2.50 bits per heavy atom. The van der Waals surface area contributed by atoms with E-state index in [0.29, 0.717) is 5.69 Å². The molecule has 0 radical (unpaired) electrons. The van der Waals surface area contributed by atoms with Gasteiger partial charge in [0.25, 0.3) is 5.91 Å². The van der Waals surface area contributed by atoms with E-state index in [4.69, 9.17) is 0 Å². The number of carbonyl (C=O) groups is 3. The summed E-state index contributed by atoms with van der Waals surface area (Å²) in [6.07, 6.45) is 2.57. The molecule has 1 aliphatic rings. The number of urea groups is 1. The highest BCUT2D eigenvalue weighted by atomic mass is 79.9. The first-order valence-electron chi connectivity index (χ1n) is 11.0. The van der Waals surface area contributed by atoms with E-state index in [2.05, 4.69) is 50.2 Å². The second-order valence-corrected chi connectivity index (χ2v) is 8.99. The monoisotopic (exact) mass is 520 g/mol. The molecule has 3 aromatic rings. The molecule has 1 aliphatic heterocycles. The van der Waals surface area contributed by atoms with Crippen LogP contribution in [0.2, 0.25) is 0 Å². The van der Waals surface area contributed by atoms with E-state index in [9.17, 15) is 14.4 Å². The lowest BCUT2D eigenvalue weighted by Gasteiger charge is -2.14. The molecule has 7 nitrogen and oxygen atoms in total. The maximum absolute atomic E-state index is 12.9. The number of nitrogens with zero attached hydrogens (tertiary/aromatic N) is 2. The van der Waals surface area contributed by atoms with Gasteiger partial charge in [-0.3, -0.25) is 9.59 Å². The Labute approximate surface area is 206 Å². The molecule has 0 aliphatic carbocycles. The van der Waals surface area contributed by atoms with Crippen LogP contribution in [0.3, 0.4) is 0 Å². The number of benzene rings is 2. The largest absolute Gasteiger partial charge is 0.329 e. The van der Waals surface area contributed by atoms with Crippen molar-refractivity contribution >= 4 is 45.5 Å². The van der Waals surface area contributed by atoms with Gasteiger partial charge in [-0.2, -0.15) is 0 Å². The highest BCUT2D eigenvalue weighted by molar-refractivity contribution is 9.10. The van der Waals surface area contributed by atoms with Crippen molar-refractivity contribution in [1.82, 2.24) is 14.8 Å². The molecule has 2 heterocycles. The molecule has 1 fully saturated rings. The summed E-state index contributed by atoms with van der Waals surface area (Å²) in [7, 11) is 0. The zero-order valence-electron chi connectivity index (χ0n) is 19.2. The Morgan fingerprint density at radius 2 is 1.79 bits per heavy atom. The maximum atomic E-state index is 12.9. The highest BCUT2D eigenvalue weighted by Gasteiger charge is 2.35. The number of aryl methyl sites for hydroxylation is 2.